The largest absolute Gasteiger partial charge is 0.494 e. The maximum atomic E-state index is 6.29. The highest BCUT2D eigenvalue weighted by Crippen LogP contribution is 2.48. The Labute approximate surface area is 644 Å². The first-order valence-corrected chi connectivity index (χ1v) is 38.2. The van der Waals surface area contributed by atoms with Gasteiger partial charge in [0.25, 0.3) is 0 Å². The normalized spacial score (nSPS) is 17.1. The van der Waals surface area contributed by atoms with Gasteiger partial charge in [0.05, 0.1) is 22.4 Å². The summed E-state index contributed by atoms with van der Waals surface area (Å²) >= 11 is 5.96. The molecule has 4 fully saturated rings. The van der Waals surface area contributed by atoms with Crippen molar-refractivity contribution in [3.05, 3.63) is 289 Å². The van der Waals surface area contributed by atoms with Crippen molar-refractivity contribution < 1.29 is 18.6 Å². The van der Waals surface area contributed by atoms with Crippen molar-refractivity contribution in [2.45, 2.75) is 153 Å². The molecule has 17 rings (SSSR count). The molecule has 8 heterocycles. The van der Waals surface area contributed by atoms with E-state index in [9.17, 15) is 0 Å². The van der Waals surface area contributed by atoms with Gasteiger partial charge in [-0.3, -0.25) is 15.0 Å². The van der Waals surface area contributed by atoms with Gasteiger partial charge in [0.15, 0.2) is 46.6 Å². The van der Waals surface area contributed by atoms with E-state index in [0.29, 0.717) is 63.7 Å². The van der Waals surface area contributed by atoms with Crippen molar-refractivity contribution >= 4 is 36.8 Å². The van der Waals surface area contributed by atoms with Gasteiger partial charge >= 0.3 is 14.2 Å². The number of halogens is 1. The minimum atomic E-state index is -0.333. The number of nitrogens with zero attached hydrogens (tertiary/aromatic N) is 12. The first kappa shape index (κ1) is 73.8. The van der Waals surface area contributed by atoms with E-state index in [-0.39, 0.29) is 52.8 Å². The zero-order valence-electron chi connectivity index (χ0n) is 62.9. The van der Waals surface area contributed by atoms with Gasteiger partial charge in [-0.05, 0) is 162 Å². The van der Waals surface area contributed by atoms with E-state index < -0.39 is 0 Å². The third-order valence-electron chi connectivity index (χ3n) is 22.4. The number of benzene rings is 7. The molecule has 6 aromatic heterocycles. The third kappa shape index (κ3) is 16.0. The zero-order chi connectivity index (χ0) is 75.2. The molecule has 0 N–H and O–H groups in total. The lowest BCUT2D eigenvalue weighted by atomic mass is 9.64. The van der Waals surface area contributed by atoms with E-state index in [4.69, 9.17) is 60.1 Å². The molecule has 0 unspecified atom stereocenters. The SMILES string of the molecule is CC1(C)OB(c2ccc(C3(c4ccc(B5OC(C)(C)C(C)(C)O5)cc4)CCCCC3)cc2)OC1(C)C.Clc1nc(-c2ccccc2)nc(-c2ccccn2)n1.c1ccc(-c2nc(-c3ccc(C4(c5ccc(-c6nc(-c7ccccc7)nc(-c7ccccn7)n6)cc5)CCCCC4)cc3)nc(-c3ccccn3)n2)cc1. The Bertz CT molecular complexity index is 4770. The molecule has 4 aliphatic rings. The van der Waals surface area contributed by atoms with Gasteiger partial charge in [0, 0.05) is 57.2 Å². The van der Waals surface area contributed by atoms with Crippen molar-refractivity contribution in [1.82, 2.24) is 59.8 Å². The van der Waals surface area contributed by atoms with E-state index in [1.165, 1.54) is 73.6 Å². The maximum absolute atomic E-state index is 6.29. The molecule has 2 saturated carbocycles. The van der Waals surface area contributed by atoms with Crippen LogP contribution in [0.25, 0.3) is 91.5 Å². The molecule has 16 nitrogen and oxygen atoms in total. The number of aromatic nitrogens is 12. The summed E-state index contributed by atoms with van der Waals surface area (Å²) in [4.78, 5) is 55.2. The molecule has 0 bridgehead atoms. The Balaban J connectivity index is 0.000000147. The molecule has 0 spiro atoms. The molecule has 0 amide bonds. The van der Waals surface area contributed by atoms with E-state index in [1.54, 1.807) is 18.6 Å². The Kier molecular flexibility index (Phi) is 21.3. The second-order valence-electron chi connectivity index (χ2n) is 30.5. The lowest BCUT2D eigenvalue weighted by Crippen LogP contribution is -2.41. The van der Waals surface area contributed by atoms with E-state index in [0.717, 1.165) is 51.6 Å². The highest BCUT2D eigenvalue weighted by atomic mass is 35.5. The van der Waals surface area contributed by atoms with E-state index in [2.05, 4.69) is 182 Å². The summed E-state index contributed by atoms with van der Waals surface area (Å²) in [7, 11) is -0.656. The molecule has 2 aliphatic carbocycles. The van der Waals surface area contributed by atoms with Gasteiger partial charge in [0.1, 0.15) is 17.1 Å². The molecule has 544 valence electrons. The molecular formula is C90H87B2ClN12O4. The van der Waals surface area contributed by atoms with Crippen LogP contribution in [0.15, 0.2) is 261 Å². The number of hydrogen-bond donors (Lipinski definition) is 0. The summed E-state index contributed by atoms with van der Waals surface area (Å²) in [5.74, 6) is 4.60. The molecule has 7 aromatic carbocycles. The number of hydrogen-bond acceptors (Lipinski definition) is 16. The summed E-state index contributed by atoms with van der Waals surface area (Å²) in [6, 6.07) is 82.4. The van der Waals surface area contributed by atoms with Crippen LogP contribution in [-0.2, 0) is 29.4 Å². The minimum Gasteiger partial charge on any atom is -0.399 e. The van der Waals surface area contributed by atoms with Crippen molar-refractivity contribution in [1.29, 1.82) is 0 Å². The fourth-order valence-corrected chi connectivity index (χ4v) is 15.1. The predicted octanol–water partition coefficient (Wildman–Crippen LogP) is 18.9. The first-order valence-electron chi connectivity index (χ1n) is 37.8. The van der Waals surface area contributed by atoms with Crippen LogP contribution in [0.2, 0.25) is 5.28 Å². The Morgan fingerprint density at radius 3 is 0.780 bits per heavy atom. The van der Waals surface area contributed by atoms with Crippen LogP contribution >= 0.6 is 11.6 Å². The van der Waals surface area contributed by atoms with Gasteiger partial charge in [-0.25, -0.2) is 34.9 Å². The van der Waals surface area contributed by atoms with Crippen molar-refractivity contribution in [2.24, 2.45) is 0 Å². The molecule has 19 heteroatoms. The Morgan fingerprint density at radius 2 is 0.495 bits per heavy atom. The number of rotatable bonds is 14. The molecule has 2 saturated heterocycles. The van der Waals surface area contributed by atoms with Crippen LogP contribution in [0.5, 0.6) is 0 Å². The van der Waals surface area contributed by atoms with Crippen LogP contribution in [0, 0.1) is 0 Å². The van der Waals surface area contributed by atoms with Crippen molar-refractivity contribution in [2.75, 3.05) is 0 Å². The second-order valence-corrected chi connectivity index (χ2v) is 30.8. The van der Waals surface area contributed by atoms with Crippen LogP contribution < -0.4 is 10.9 Å². The maximum Gasteiger partial charge on any atom is 0.494 e. The molecule has 0 radical (unpaired) electrons. The predicted molar refractivity (Wildman–Crippen MR) is 433 cm³/mol. The van der Waals surface area contributed by atoms with Crippen LogP contribution in [0.4, 0.5) is 0 Å². The summed E-state index contributed by atoms with van der Waals surface area (Å²) < 4.78 is 25.2. The van der Waals surface area contributed by atoms with Crippen LogP contribution in [0.1, 0.15) is 142 Å². The van der Waals surface area contributed by atoms with Crippen LogP contribution in [-0.4, -0.2) is 96.4 Å². The quantitative estimate of drug-likeness (QED) is 0.0933. The standard InChI is InChI=1S/C46H36N8.C30H42B2O4.C14H9ClN4/c1-4-14-32(15-5-1)40-49-42(53-44(51-40)38-18-8-12-30-47-38)34-20-24-36(25-21-34)46(28-10-3-11-29-46)37-26-22-35(23-27-37)43-50-41(33-16-6-2-7-17-33)52-45(54-43)39-19-9-13-31-48-39;1-26(2)27(3,4)34-31(33-26)24-16-12-22(13-17-24)30(20-10-9-11-21-30)23-14-18-25(19-15-23)32-35-28(5,6)29(7,8)36-32;15-14-18-12(10-6-2-1-3-7-10)17-13(19-14)11-8-4-5-9-16-11/h1-2,4-9,12-27,30-31H,3,10-11,28-29H2;12-19H,9-11,20-21H2,1-8H3;1-9H. The summed E-state index contributed by atoms with van der Waals surface area (Å²) in [6.07, 6.45) is 17.1. The van der Waals surface area contributed by atoms with Gasteiger partial charge in [-0.2, -0.15) is 9.97 Å². The minimum absolute atomic E-state index is 0.0289. The lowest BCUT2D eigenvalue weighted by molar-refractivity contribution is 0.00578. The van der Waals surface area contributed by atoms with Gasteiger partial charge in [-0.1, -0.05) is 245 Å². The summed E-state index contributed by atoms with van der Waals surface area (Å²) in [6.45, 7) is 16.8. The Morgan fingerprint density at radius 1 is 0.257 bits per heavy atom. The monoisotopic (exact) mass is 1460 g/mol. The van der Waals surface area contributed by atoms with Gasteiger partial charge in [-0.15, -0.1) is 0 Å². The number of pyridine rings is 3. The van der Waals surface area contributed by atoms with E-state index >= 15 is 0 Å². The zero-order valence-corrected chi connectivity index (χ0v) is 63.7. The van der Waals surface area contributed by atoms with E-state index in [1.807, 2.05) is 146 Å². The summed E-state index contributed by atoms with van der Waals surface area (Å²) in [5.41, 5.74) is 12.8. The van der Waals surface area contributed by atoms with Crippen LogP contribution in [0.3, 0.4) is 0 Å². The average molecular weight is 1460 g/mol. The summed E-state index contributed by atoms with van der Waals surface area (Å²) in [5, 5.41) is 0.162. The first-order chi connectivity index (χ1) is 52.8. The fourth-order valence-electron chi connectivity index (χ4n) is 14.9. The lowest BCUT2D eigenvalue weighted by Gasteiger charge is -2.39. The second kappa shape index (κ2) is 31.5. The molecule has 0 atom stereocenters. The van der Waals surface area contributed by atoms with Gasteiger partial charge < -0.3 is 18.6 Å². The molecule has 109 heavy (non-hydrogen) atoms. The van der Waals surface area contributed by atoms with Gasteiger partial charge in [0.2, 0.25) is 5.28 Å². The average Bonchev–Trinajstić information content (AvgIpc) is 1.43. The highest BCUT2D eigenvalue weighted by Gasteiger charge is 2.53. The topological polar surface area (TPSA) is 192 Å². The Hall–Kier alpha value is -10.7. The molecular weight excluding hydrogens is 1370 g/mol. The van der Waals surface area contributed by atoms with Crippen molar-refractivity contribution in [3.8, 4) is 91.5 Å². The molecule has 13 aromatic rings. The molecule has 2 aliphatic heterocycles. The van der Waals surface area contributed by atoms with Crippen molar-refractivity contribution in [3.63, 3.8) is 0 Å². The third-order valence-corrected chi connectivity index (χ3v) is 22.6. The smallest absolute Gasteiger partial charge is 0.399 e. The highest BCUT2D eigenvalue weighted by molar-refractivity contribution is 6.62. The fraction of sp³-hybridized carbons (Fsp3) is 0.267.